The predicted molar refractivity (Wildman–Crippen MR) is 120 cm³/mol. The van der Waals surface area contributed by atoms with Crippen molar-refractivity contribution in [2.75, 3.05) is 13.2 Å². The second-order valence-electron chi connectivity index (χ2n) is 7.92. The van der Waals surface area contributed by atoms with Crippen LogP contribution < -0.4 is 5.32 Å². The van der Waals surface area contributed by atoms with Gasteiger partial charge in [-0.05, 0) is 44.4 Å². The van der Waals surface area contributed by atoms with Gasteiger partial charge in [-0.2, -0.15) is 0 Å². The van der Waals surface area contributed by atoms with Crippen LogP contribution in [0.2, 0.25) is 0 Å². The largest absolute Gasteiger partial charge is 0.466 e. The van der Waals surface area contributed by atoms with E-state index in [2.05, 4.69) is 60.7 Å². The maximum atomic E-state index is 12.4. The summed E-state index contributed by atoms with van der Waals surface area (Å²) < 4.78 is 5.36. The van der Waals surface area contributed by atoms with E-state index in [0.717, 1.165) is 38.6 Å². The molecule has 0 bridgehead atoms. The lowest BCUT2D eigenvalue weighted by Crippen LogP contribution is -2.60. The second-order valence-corrected chi connectivity index (χ2v) is 7.92. The summed E-state index contributed by atoms with van der Waals surface area (Å²) in [7, 11) is 0. The average Bonchev–Trinajstić information content (AvgIpc) is 2.73. The van der Waals surface area contributed by atoms with Gasteiger partial charge in [0, 0.05) is 12.1 Å². The number of hydrogen-bond acceptors (Lipinski definition) is 3. The van der Waals surface area contributed by atoms with Crippen LogP contribution in [0.25, 0.3) is 0 Å². The Hall–Kier alpha value is -0.570. The molecule has 3 heteroatoms. The van der Waals surface area contributed by atoms with Gasteiger partial charge >= 0.3 is 5.97 Å². The lowest BCUT2D eigenvalue weighted by Gasteiger charge is -2.50. The molecule has 1 N–H and O–H groups in total. The Morgan fingerprint density at radius 1 is 0.815 bits per heavy atom. The zero-order valence-corrected chi connectivity index (χ0v) is 20.2. The number of piperidine rings is 1. The highest BCUT2D eigenvalue weighted by Crippen LogP contribution is 2.45. The number of nitrogens with one attached hydrogen (secondary N) is 1. The highest BCUT2D eigenvalue weighted by molar-refractivity contribution is 5.74. The van der Waals surface area contributed by atoms with Gasteiger partial charge in [-0.1, -0.05) is 81.1 Å². The number of carbonyl (C=O) groups is 1. The Balaban J connectivity index is 0. The van der Waals surface area contributed by atoms with E-state index in [1.165, 1.54) is 25.7 Å². The van der Waals surface area contributed by atoms with Crippen molar-refractivity contribution in [2.45, 2.75) is 126 Å². The van der Waals surface area contributed by atoms with Gasteiger partial charge in [0.15, 0.2) is 0 Å². The summed E-state index contributed by atoms with van der Waals surface area (Å²) in [5.74, 6) is 0.0579. The van der Waals surface area contributed by atoms with Gasteiger partial charge in [0.25, 0.3) is 0 Å². The number of hydrogen-bond donors (Lipinski definition) is 1. The molecule has 0 saturated carbocycles. The Bertz CT molecular complexity index is 338. The van der Waals surface area contributed by atoms with Crippen LogP contribution >= 0.6 is 0 Å². The summed E-state index contributed by atoms with van der Waals surface area (Å²) in [5, 5.41) is 3.74. The molecule has 0 aromatic heterocycles. The number of carbonyl (C=O) groups excluding carboxylic acids is 1. The third-order valence-electron chi connectivity index (χ3n) is 6.48. The molecular formula is C24H51NO2. The van der Waals surface area contributed by atoms with E-state index in [9.17, 15) is 4.79 Å². The van der Waals surface area contributed by atoms with Crippen LogP contribution in [0.1, 0.15) is 120 Å². The number of esters is 1. The van der Waals surface area contributed by atoms with Gasteiger partial charge in [0.05, 0.1) is 12.5 Å². The summed E-state index contributed by atoms with van der Waals surface area (Å²) in [6.07, 6.45) is 10.4. The molecule has 1 fully saturated rings. The number of unbranched alkanes of at least 4 members (excludes halogenated alkanes) is 2. The minimum absolute atomic E-state index is 0.0129. The molecule has 1 heterocycles. The first-order valence-corrected chi connectivity index (χ1v) is 11.8. The number of ether oxygens (including phenoxy) is 1. The van der Waals surface area contributed by atoms with Crippen molar-refractivity contribution < 1.29 is 9.53 Å². The van der Waals surface area contributed by atoms with Gasteiger partial charge < -0.3 is 10.1 Å². The molecule has 3 nitrogen and oxygen atoms in total. The maximum absolute atomic E-state index is 12.4. The van der Waals surface area contributed by atoms with Crippen LogP contribution in [0.5, 0.6) is 0 Å². The molecule has 0 radical (unpaired) electrons. The van der Waals surface area contributed by atoms with Crippen molar-refractivity contribution in [1.29, 1.82) is 0 Å². The topological polar surface area (TPSA) is 38.3 Å². The lowest BCUT2D eigenvalue weighted by molar-refractivity contribution is -0.157. The normalized spacial score (nSPS) is 19.8. The van der Waals surface area contributed by atoms with Crippen LogP contribution in [-0.4, -0.2) is 24.7 Å². The first-order chi connectivity index (χ1) is 12.9. The van der Waals surface area contributed by atoms with E-state index in [-0.39, 0.29) is 22.8 Å². The Morgan fingerprint density at radius 3 is 1.56 bits per heavy atom. The summed E-state index contributed by atoms with van der Waals surface area (Å²) in [5.41, 5.74) is 0.186. The molecule has 0 amide bonds. The van der Waals surface area contributed by atoms with E-state index in [4.69, 9.17) is 4.74 Å². The van der Waals surface area contributed by atoms with Crippen LogP contribution in [0, 0.1) is 11.3 Å². The van der Waals surface area contributed by atoms with Gasteiger partial charge in [-0.25, -0.2) is 0 Å². The van der Waals surface area contributed by atoms with Gasteiger partial charge in [0.1, 0.15) is 0 Å². The van der Waals surface area contributed by atoms with Crippen LogP contribution in [0.3, 0.4) is 0 Å². The van der Waals surface area contributed by atoms with Crippen LogP contribution in [0.4, 0.5) is 0 Å². The SMILES string of the molecule is CCCC.CCCC.CCOC(=O)C1CC(CC)(CC)NCC1(CC)CC. The standard InChI is InChI=1S/C16H31NO2.2C4H10/c1-6-15(7-2)12-17-16(8-3,9-4)11-13(15)14(18)19-10-5;2*1-3-4-2/h13,17H,6-12H2,1-5H3;2*3-4H2,1-2H3. The first-order valence-electron chi connectivity index (χ1n) is 11.8. The fourth-order valence-corrected chi connectivity index (χ4v) is 3.52. The third kappa shape index (κ3) is 9.45. The minimum atomic E-state index is 0.0129. The van der Waals surface area contributed by atoms with Crippen molar-refractivity contribution in [3.05, 3.63) is 0 Å². The van der Waals surface area contributed by atoms with Crippen LogP contribution in [0.15, 0.2) is 0 Å². The predicted octanol–water partition coefficient (Wildman–Crippen LogP) is 7.14. The molecule has 1 aliphatic rings. The van der Waals surface area contributed by atoms with Crippen molar-refractivity contribution in [1.82, 2.24) is 5.32 Å². The molecule has 0 aromatic carbocycles. The van der Waals surface area contributed by atoms with Crippen LogP contribution in [-0.2, 0) is 9.53 Å². The molecule has 0 aromatic rings. The molecule has 164 valence electrons. The third-order valence-corrected chi connectivity index (χ3v) is 6.48. The summed E-state index contributed by atoms with van der Waals surface area (Å²) >= 11 is 0. The molecule has 0 spiro atoms. The summed E-state index contributed by atoms with van der Waals surface area (Å²) in [6, 6.07) is 0. The maximum Gasteiger partial charge on any atom is 0.309 e. The Labute approximate surface area is 171 Å². The Kier molecular flexibility index (Phi) is 17.4. The van der Waals surface area contributed by atoms with Crippen molar-refractivity contribution in [3.8, 4) is 0 Å². The number of rotatable bonds is 8. The highest BCUT2D eigenvalue weighted by atomic mass is 16.5. The van der Waals surface area contributed by atoms with E-state index >= 15 is 0 Å². The van der Waals surface area contributed by atoms with E-state index in [0.29, 0.717) is 6.61 Å². The molecule has 1 rings (SSSR count). The van der Waals surface area contributed by atoms with Gasteiger partial charge in [0.2, 0.25) is 0 Å². The molecule has 1 atom stereocenters. The minimum Gasteiger partial charge on any atom is -0.466 e. The van der Waals surface area contributed by atoms with Crippen molar-refractivity contribution in [3.63, 3.8) is 0 Å². The smallest absolute Gasteiger partial charge is 0.309 e. The molecule has 1 saturated heterocycles. The highest BCUT2D eigenvalue weighted by Gasteiger charge is 2.49. The quantitative estimate of drug-likeness (QED) is 0.451. The van der Waals surface area contributed by atoms with E-state index < -0.39 is 0 Å². The first kappa shape index (κ1) is 28.6. The molecule has 0 aliphatic carbocycles. The van der Waals surface area contributed by atoms with Crippen molar-refractivity contribution >= 4 is 5.97 Å². The zero-order chi connectivity index (χ0) is 21.3. The average molecular weight is 386 g/mol. The molecule has 1 aliphatic heterocycles. The molecular weight excluding hydrogens is 334 g/mol. The lowest BCUT2D eigenvalue weighted by atomic mass is 9.62. The van der Waals surface area contributed by atoms with E-state index in [1.54, 1.807) is 0 Å². The molecule has 1 unspecified atom stereocenters. The summed E-state index contributed by atoms with van der Waals surface area (Å²) in [6.45, 7) is 20.9. The van der Waals surface area contributed by atoms with Crippen molar-refractivity contribution in [2.24, 2.45) is 11.3 Å². The monoisotopic (exact) mass is 385 g/mol. The summed E-state index contributed by atoms with van der Waals surface area (Å²) in [4.78, 5) is 12.4. The molecule has 27 heavy (non-hydrogen) atoms. The fourth-order valence-electron chi connectivity index (χ4n) is 3.52. The van der Waals surface area contributed by atoms with E-state index in [1.807, 2.05) is 6.92 Å². The van der Waals surface area contributed by atoms with Gasteiger partial charge in [-0.15, -0.1) is 0 Å². The second kappa shape index (κ2) is 16.4. The fraction of sp³-hybridized carbons (Fsp3) is 0.958. The van der Waals surface area contributed by atoms with Gasteiger partial charge in [-0.3, -0.25) is 4.79 Å². The zero-order valence-electron chi connectivity index (χ0n) is 20.2. The Morgan fingerprint density at radius 2 is 1.26 bits per heavy atom.